The molecule has 1 aromatic carbocycles. The Morgan fingerprint density at radius 3 is 2.57 bits per heavy atom. The Kier molecular flexibility index (Phi) is 6.67. The van der Waals surface area contributed by atoms with Crippen LogP contribution in [0.3, 0.4) is 0 Å². The van der Waals surface area contributed by atoms with E-state index in [1.54, 1.807) is 0 Å². The number of rotatable bonds is 7. The first-order valence-electron chi connectivity index (χ1n) is 6.73. The second kappa shape index (κ2) is 8.25. The molecular formula is C14H17F3N2O4. The summed E-state index contributed by atoms with van der Waals surface area (Å²) in [6.45, 7) is 0.0766. The zero-order valence-electron chi connectivity index (χ0n) is 12.4. The number of halogens is 3. The number of carbonyl (C=O) groups excluding carboxylic acids is 1. The molecule has 0 fully saturated rings. The number of hydrogen-bond donors (Lipinski definition) is 2. The van der Waals surface area contributed by atoms with Crippen molar-refractivity contribution in [3.8, 4) is 5.75 Å². The average molecular weight is 334 g/mol. The summed E-state index contributed by atoms with van der Waals surface area (Å²) in [5, 5.41) is 11.0. The Hall–Kier alpha value is -2.45. The van der Waals surface area contributed by atoms with Crippen molar-refractivity contribution < 1.29 is 32.6 Å². The highest BCUT2D eigenvalue weighted by atomic mass is 19.4. The molecule has 0 aliphatic heterocycles. The van der Waals surface area contributed by atoms with Crippen LogP contribution in [0, 0.1) is 0 Å². The third kappa shape index (κ3) is 7.39. The summed E-state index contributed by atoms with van der Waals surface area (Å²) >= 11 is 0. The summed E-state index contributed by atoms with van der Waals surface area (Å²) in [6, 6.07) is 5.02. The van der Waals surface area contributed by atoms with E-state index >= 15 is 0 Å². The van der Waals surface area contributed by atoms with Crippen molar-refractivity contribution in [1.82, 2.24) is 10.2 Å². The number of amides is 2. The van der Waals surface area contributed by atoms with Crippen LogP contribution < -0.4 is 10.1 Å². The SMILES string of the molecule is CN(Cc1ccccc1OC(F)(F)F)C(=O)NCCCC(=O)O. The molecule has 0 atom stereocenters. The molecule has 0 unspecified atom stereocenters. The summed E-state index contributed by atoms with van der Waals surface area (Å²) in [6.07, 6.45) is -4.62. The number of hydrogen-bond acceptors (Lipinski definition) is 3. The molecule has 1 aromatic rings. The van der Waals surface area contributed by atoms with Crippen LogP contribution in [0.1, 0.15) is 18.4 Å². The Labute approximate surface area is 130 Å². The second-order valence-corrected chi connectivity index (χ2v) is 4.74. The number of nitrogens with one attached hydrogen (secondary N) is 1. The third-order valence-corrected chi connectivity index (χ3v) is 2.80. The highest BCUT2D eigenvalue weighted by molar-refractivity contribution is 5.74. The summed E-state index contributed by atoms with van der Waals surface area (Å²) < 4.78 is 40.9. The fourth-order valence-electron chi connectivity index (χ4n) is 1.76. The maximum atomic E-state index is 12.3. The molecule has 0 spiro atoms. The smallest absolute Gasteiger partial charge is 0.481 e. The zero-order valence-corrected chi connectivity index (χ0v) is 12.4. The van der Waals surface area contributed by atoms with Crippen LogP contribution in [0.4, 0.5) is 18.0 Å². The quantitative estimate of drug-likeness (QED) is 0.751. The Morgan fingerprint density at radius 2 is 1.96 bits per heavy atom. The van der Waals surface area contributed by atoms with Gasteiger partial charge in [0.05, 0.1) is 6.54 Å². The lowest BCUT2D eigenvalue weighted by molar-refractivity contribution is -0.275. The van der Waals surface area contributed by atoms with Gasteiger partial charge in [-0.2, -0.15) is 0 Å². The first kappa shape index (κ1) is 18.6. The molecule has 0 saturated heterocycles. The standard InChI is InChI=1S/C14H17F3N2O4/c1-19(13(22)18-8-4-7-12(20)21)9-10-5-2-3-6-11(10)23-14(15,16)17/h2-3,5-6H,4,7-9H2,1H3,(H,18,22)(H,20,21). The predicted octanol–water partition coefficient (Wildman–Crippen LogP) is 2.59. The summed E-state index contributed by atoms with van der Waals surface area (Å²) in [5.41, 5.74) is 0.202. The van der Waals surface area contributed by atoms with Gasteiger partial charge in [0.25, 0.3) is 0 Å². The molecule has 0 heterocycles. The number of ether oxygens (including phenoxy) is 1. The second-order valence-electron chi connectivity index (χ2n) is 4.74. The Morgan fingerprint density at radius 1 is 1.30 bits per heavy atom. The number of aliphatic carboxylic acids is 1. The van der Waals surface area contributed by atoms with Gasteiger partial charge < -0.3 is 20.1 Å². The zero-order chi connectivity index (χ0) is 17.5. The van der Waals surface area contributed by atoms with Crippen molar-refractivity contribution in [2.75, 3.05) is 13.6 Å². The fraction of sp³-hybridized carbons (Fsp3) is 0.429. The third-order valence-electron chi connectivity index (χ3n) is 2.80. The maximum absolute atomic E-state index is 12.3. The minimum Gasteiger partial charge on any atom is -0.481 e. The molecular weight excluding hydrogens is 317 g/mol. The first-order chi connectivity index (χ1) is 10.7. The van der Waals surface area contributed by atoms with E-state index in [1.165, 1.54) is 36.2 Å². The molecule has 2 amide bonds. The number of benzene rings is 1. The van der Waals surface area contributed by atoms with E-state index in [0.717, 1.165) is 0 Å². The minimum atomic E-state index is -4.81. The summed E-state index contributed by atoms with van der Waals surface area (Å²) in [5.74, 6) is -1.34. The van der Waals surface area contributed by atoms with Gasteiger partial charge in [0.15, 0.2) is 0 Å². The monoisotopic (exact) mass is 334 g/mol. The van der Waals surface area contributed by atoms with E-state index in [2.05, 4.69) is 10.1 Å². The summed E-state index contributed by atoms with van der Waals surface area (Å²) in [7, 11) is 1.41. The van der Waals surface area contributed by atoms with Crippen molar-refractivity contribution in [3.05, 3.63) is 29.8 Å². The van der Waals surface area contributed by atoms with Crippen molar-refractivity contribution in [3.63, 3.8) is 0 Å². The van der Waals surface area contributed by atoms with E-state index in [4.69, 9.17) is 5.11 Å². The first-order valence-corrected chi connectivity index (χ1v) is 6.73. The fourth-order valence-corrected chi connectivity index (χ4v) is 1.76. The number of carboxylic acids is 1. The van der Waals surface area contributed by atoms with Crippen LogP contribution in [0.25, 0.3) is 0 Å². The minimum absolute atomic E-state index is 0.0771. The van der Waals surface area contributed by atoms with E-state index in [0.29, 0.717) is 0 Å². The van der Waals surface area contributed by atoms with Crippen LogP contribution in [0.5, 0.6) is 5.75 Å². The number of carbonyl (C=O) groups is 2. The molecule has 0 aliphatic rings. The normalized spacial score (nSPS) is 11.0. The van der Waals surface area contributed by atoms with Crippen LogP contribution in [-0.4, -0.2) is 42.0 Å². The van der Waals surface area contributed by atoms with Gasteiger partial charge in [-0.1, -0.05) is 18.2 Å². The lowest BCUT2D eigenvalue weighted by Gasteiger charge is -2.20. The number of para-hydroxylation sites is 1. The van der Waals surface area contributed by atoms with E-state index in [1.807, 2.05) is 0 Å². The Bertz CT molecular complexity index is 549. The van der Waals surface area contributed by atoms with Gasteiger partial charge in [0.1, 0.15) is 5.75 Å². The van der Waals surface area contributed by atoms with Gasteiger partial charge in [-0.15, -0.1) is 13.2 Å². The number of alkyl halides is 3. The molecule has 2 N–H and O–H groups in total. The van der Waals surface area contributed by atoms with E-state index < -0.39 is 18.4 Å². The molecule has 0 saturated carbocycles. The lowest BCUT2D eigenvalue weighted by atomic mass is 10.2. The average Bonchev–Trinajstić information content (AvgIpc) is 2.43. The van der Waals surface area contributed by atoms with Gasteiger partial charge in [-0.05, 0) is 12.5 Å². The van der Waals surface area contributed by atoms with Crippen LogP contribution in [0.15, 0.2) is 24.3 Å². The van der Waals surface area contributed by atoms with Crippen LogP contribution in [-0.2, 0) is 11.3 Å². The molecule has 9 heteroatoms. The van der Waals surface area contributed by atoms with Gasteiger partial charge in [0, 0.05) is 25.6 Å². The topological polar surface area (TPSA) is 78.9 Å². The molecule has 0 aliphatic carbocycles. The Balaban J connectivity index is 2.58. The predicted molar refractivity (Wildman–Crippen MR) is 74.9 cm³/mol. The van der Waals surface area contributed by atoms with Crippen molar-refractivity contribution in [2.24, 2.45) is 0 Å². The molecule has 23 heavy (non-hydrogen) atoms. The highest BCUT2D eigenvalue weighted by Gasteiger charge is 2.32. The molecule has 0 aromatic heterocycles. The van der Waals surface area contributed by atoms with Crippen molar-refractivity contribution in [1.29, 1.82) is 0 Å². The lowest BCUT2D eigenvalue weighted by Crippen LogP contribution is -2.37. The van der Waals surface area contributed by atoms with Gasteiger partial charge in [-0.3, -0.25) is 4.79 Å². The number of nitrogens with zero attached hydrogens (tertiary/aromatic N) is 1. The molecule has 128 valence electrons. The van der Waals surface area contributed by atoms with Gasteiger partial charge >= 0.3 is 18.4 Å². The van der Waals surface area contributed by atoms with E-state index in [-0.39, 0.29) is 37.2 Å². The van der Waals surface area contributed by atoms with Crippen molar-refractivity contribution >= 4 is 12.0 Å². The molecule has 0 bridgehead atoms. The maximum Gasteiger partial charge on any atom is 0.573 e. The van der Waals surface area contributed by atoms with E-state index in [9.17, 15) is 22.8 Å². The number of urea groups is 1. The van der Waals surface area contributed by atoms with Gasteiger partial charge in [0.2, 0.25) is 0 Å². The highest BCUT2D eigenvalue weighted by Crippen LogP contribution is 2.26. The molecule has 6 nitrogen and oxygen atoms in total. The largest absolute Gasteiger partial charge is 0.573 e. The molecule has 1 rings (SSSR count). The number of carboxylic acid groups (broad SMARTS) is 1. The van der Waals surface area contributed by atoms with Crippen LogP contribution >= 0.6 is 0 Å². The van der Waals surface area contributed by atoms with Gasteiger partial charge in [-0.25, -0.2) is 4.79 Å². The molecule has 0 radical (unpaired) electrons. The van der Waals surface area contributed by atoms with Crippen molar-refractivity contribution in [2.45, 2.75) is 25.7 Å². The summed E-state index contributed by atoms with van der Waals surface area (Å²) in [4.78, 5) is 23.3. The van der Waals surface area contributed by atoms with Crippen LogP contribution in [0.2, 0.25) is 0 Å².